The molecule has 1 N–H and O–H groups in total. The highest BCUT2D eigenvalue weighted by atomic mass is 32.2. The molecule has 17 heavy (non-hydrogen) atoms. The zero-order valence-corrected chi connectivity index (χ0v) is 11.3. The minimum Gasteiger partial charge on any atom is -0.377 e. The predicted octanol–water partition coefficient (Wildman–Crippen LogP) is 3.07. The molecule has 0 spiro atoms. The Kier molecular flexibility index (Phi) is 5.36. The summed E-state index contributed by atoms with van der Waals surface area (Å²) in [6, 6.07) is 8.85. The lowest BCUT2D eigenvalue weighted by atomic mass is 10.2. The van der Waals surface area contributed by atoms with Crippen LogP contribution in [0.1, 0.15) is 25.3 Å². The largest absolute Gasteiger partial charge is 0.377 e. The number of nitrogens with one attached hydrogen (secondary N) is 1. The minimum atomic E-state index is 0.474. The van der Waals surface area contributed by atoms with Crippen molar-refractivity contribution in [3.63, 3.8) is 0 Å². The van der Waals surface area contributed by atoms with Gasteiger partial charge >= 0.3 is 0 Å². The van der Waals surface area contributed by atoms with Gasteiger partial charge in [0.1, 0.15) is 0 Å². The summed E-state index contributed by atoms with van der Waals surface area (Å²) >= 11 is 1.90. The Hall–Kier alpha value is -0.510. The third-order valence-electron chi connectivity index (χ3n) is 2.96. The molecule has 1 aromatic carbocycles. The monoisotopic (exact) mass is 251 g/mol. The molecule has 1 fully saturated rings. The van der Waals surface area contributed by atoms with Crippen molar-refractivity contribution >= 4 is 11.8 Å². The van der Waals surface area contributed by atoms with Crippen molar-refractivity contribution in [2.75, 3.05) is 18.9 Å². The number of benzene rings is 1. The molecule has 1 atom stereocenters. The zero-order valence-electron chi connectivity index (χ0n) is 10.4. The summed E-state index contributed by atoms with van der Waals surface area (Å²) in [6.07, 6.45) is 2.93. The van der Waals surface area contributed by atoms with E-state index in [-0.39, 0.29) is 0 Å². The van der Waals surface area contributed by atoms with Gasteiger partial charge in [-0.3, -0.25) is 0 Å². The molecule has 0 aliphatic carbocycles. The highest BCUT2D eigenvalue weighted by molar-refractivity contribution is 7.99. The van der Waals surface area contributed by atoms with Crippen LogP contribution in [0.4, 0.5) is 0 Å². The Bertz CT molecular complexity index is 319. The highest BCUT2D eigenvalue weighted by Crippen LogP contribution is 2.23. The first-order valence-electron chi connectivity index (χ1n) is 6.42. The van der Waals surface area contributed by atoms with Gasteiger partial charge in [0.2, 0.25) is 0 Å². The van der Waals surface area contributed by atoms with E-state index in [4.69, 9.17) is 4.74 Å². The molecule has 0 amide bonds. The Labute approximate surface area is 108 Å². The van der Waals surface area contributed by atoms with Crippen molar-refractivity contribution in [2.45, 2.75) is 37.3 Å². The topological polar surface area (TPSA) is 21.3 Å². The van der Waals surface area contributed by atoms with Crippen molar-refractivity contribution < 1.29 is 4.74 Å². The van der Waals surface area contributed by atoms with Crippen molar-refractivity contribution in [3.05, 3.63) is 29.8 Å². The van der Waals surface area contributed by atoms with Gasteiger partial charge in [0, 0.05) is 23.8 Å². The van der Waals surface area contributed by atoms with Gasteiger partial charge in [0.05, 0.1) is 6.10 Å². The van der Waals surface area contributed by atoms with E-state index < -0.39 is 0 Å². The molecule has 1 aromatic rings. The van der Waals surface area contributed by atoms with Crippen LogP contribution in [0, 0.1) is 0 Å². The molecule has 0 aromatic heterocycles. The van der Waals surface area contributed by atoms with E-state index in [1.54, 1.807) is 0 Å². The Morgan fingerprint density at radius 3 is 2.82 bits per heavy atom. The molecular formula is C14H21NOS. The molecule has 94 valence electrons. The molecule has 2 nitrogen and oxygen atoms in total. The molecular weight excluding hydrogens is 230 g/mol. The van der Waals surface area contributed by atoms with E-state index in [0.717, 1.165) is 25.4 Å². The van der Waals surface area contributed by atoms with Crippen LogP contribution in [0.25, 0.3) is 0 Å². The maximum atomic E-state index is 5.62. The second-order valence-electron chi connectivity index (χ2n) is 4.37. The quantitative estimate of drug-likeness (QED) is 0.785. The third-order valence-corrected chi connectivity index (χ3v) is 4.11. The van der Waals surface area contributed by atoms with Gasteiger partial charge in [-0.1, -0.05) is 19.1 Å². The average molecular weight is 251 g/mol. The zero-order chi connectivity index (χ0) is 11.9. The summed E-state index contributed by atoms with van der Waals surface area (Å²) in [5.74, 6) is 1.09. The normalized spacial score (nSPS) is 19.7. The molecule has 1 heterocycles. The Morgan fingerprint density at radius 2 is 2.18 bits per heavy atom. The number of rotatable bonds is 6. The van der Waals surface area contributed by atoms with Crippen LogP contribution in [0.15, 0.2) is 29.2 Å². The first kappa shape index (κ1) is 12.9. The second-order valence-corrected chi connectivity index (χ2v) is 5.46. The number of thioether (sulfide) groups is 1. The average Bonchev–Trinajstić information content (AvgIpc) is 2.88. The smallest absolute Gasteiger partial charge is 0.0669 e. The van der Waals surface area contributed by atoms with Gasteiger partial charge in [0.15, 0.2) is 0 Å². The summed E-state index contributed by atoms with van der Waals surface area (Å²) in [5.41, 5.74) is 1.35. The molecule has 1 unspecified atom stereocenters. The van der Waals surface area contributed by atoms with Crippen LogP contribution in [0.5, 0.6) is 0 Å². The maximum absolute atomic E-state index is 5.62. The van der Waals surface area contributed by atoms with E-state index in [1.165, 1.54) is 23.3 Å². The van der Waals surface area contributed by atoms with Crippen molar-refractivity contribution in [1.82, 2.24) is 5.32 Å². The second kappa shape index (κ2) is 7.04. The summed E-state index contributed by atoms with van der Waals surface area (Å²) in [4.78, 5) is 1.35. The van der Waals surface area contributed by atoms with E-state index in [1.807, 2.05) is 11.8 Å². The summed E-state index contributed by atoms with van der Waals surface area (Å²) in [7, 11) is 0. The minimum absolute atomic E-state index is 0.474. The van der Waals surface area contributed by atoms with Crippen LogP contribution in [-0.4, -0.2) is 25.0 Å². The highest BCUT2D eigenvalue weighted by Gasteiger charge is 2.15. The van der Waals surface area contributed by atoms with Crippen LogP contribution < -0.4 is 5.32 Å². The van der Waals surface area contributed by atoms with Crippen molar-refractivity contribution in [1.29, 1.82) is 0 Å². The van der Waals surface area contributed by atoms with Crippen LogP contribution in [-0.2, 0) is 11.3 Å². The van der Waals surface area contributed by atoms with Gasteiger partial charge in [-0.05, 0) is 37.1 Å². The lowest BCUT2D eigenvalue weighted by molar-refractivity contribution is 0.129. The fraction of sp³-hybridized carbons (Fsp3) is 0.571. The number of hydrogen-bond donors (Lipinski definition) is 1. The molecule has 3 heteroatoms. The van der Waals surface area contributed by atoms with Gasteiger partial charge < -0.3 is 10.1 Å². The molecule has 1 saturated heterocycles. The van der Waals surface area contributed by atoms with Crippen molar-refractivity contribution in [2.24, 2.45) is 0 Å². The summed E-state index contributed by atoms with van der Waals surface area (Å²) in [5, 5.41) is 3.33. The predicted molar refractivity (Wildman–Crippen MR) is 73.5 cm³/mol. The van der Waals surface area contributed by atoms with Gasteiger partial charge in [0.25, 0.3) is 0 Å². The van der Waals surface area contributed by atoms with Gasteiger partial charge in [-0.2, -0.15) is 0 Å². The first-order chi connectivity index (χ1) is 8.38. The summed E-state index contributed by atoms with van der Waals surface area (Å²) in [6.45, 7) is 5.07. The van der Waals surface area contributed by atoms with E-state index >= 15 is 0 Å². The van der Waals surface area contributed by atoms with Crippen LogP contribution in [0.2, 0.25) is 0 Å². The summed E-state index contributed by atoms with van der Waals surface area (Å²) < 4.78 is 5.62. The Morgan fingerprint density at radius 1 is 1.35 bits per heavy atom. The van der Waals surface area contributed by atoms with Crippen LogP contribution in [0.3, 0.4) is 0 Å². The van der Waals surface area contributed by atoms with E-state index in [2.05, 4.69) is 36.5 Å². The standard InChI is InChI=1S/C14H21NOS/c1-2-15-10-12-5-7-14(8-6-12)17-11-13-4-3-9-16-13/h5-8,13,15H,2-4,9-11H2,1H3. The molecule has 2 rings (SSSR count). The van der Waals surface area contributed by atoms with Gasteiger partial charge in [-0.15, -0.1) is 11.8 Å². The van der Waals surface area contributed by atoms with Crippen molar-refractivity contribution in [3.8, 4) is 0 Å². The molecule has 0 bridgehead atoms. The lowest BCUT2D eigenvalue weighted by Crippen LogP contribution is -2.11. The molecule has 1 aliphatic heterocycles. The third kappa shape index (κ3) is 4.34. The molecule has 0 saturated carbocycles. The Balaban J connectivity index is 1.76. The number of ether oxygens (including phenoxy) is 1. The van der Waals surface area contributed by atoms with E-state index in [0.29, 0.717) is 6.10 Å². The fourth-order valence-electron chi connectivity index (χ4n) is 1.94. The first-order valence-corrected chi connectivity index (χ1v) is 7.41. The van der Waals surface area contributed by atoms with E-state index in [9.17, 15) is 0 Å². The number of hydrogen-bond acceptors (Lipinski definition) is 3. The lowest BCUT2D eigenvalue weighted by Gasteiger charge is -2.09. The van der Waals surface area contributed by atoms with Crippen LogP contribution >= 0.6 is 11.8 Å². The molecule has 1 aliphatic rings. The van der Waals surface area contributed by atoms with Gasteiger partial charge in [-0.25, -0.2) is 0 Å². The SMILES string of the molecule is CCNCc1ccc(SCC2CCCO2)cc1. The fourth-order valence-corrected chi connectivity index (χ4v) is 2.91. The molecule has 0 radical (unpaired) electrons. The maximum Gasteiger partial charge on any atom is 0.0669 e.